The molecule has 0 aliphatic carbocycles. The van der Waals surface area contributed by atoms with E-state index in [2.05, 4.69) is 12.1 Å². The maximum atomic E-state index is 12.7. The zero-order chi connectivity index (χ0) is 19.6. The summed E-state index contributed by atoms with van der Waals surface area (Å²) in [6.07, 6.45) is 2.10. The van der Waals surface area contributed by atoms with Crippen LogP contribution in [-0.4, -0.2) is 56.1 Å². The third-order valence-corrected chi connectivity index (χ3v) is 4.79. The summed E-state index contributed by atoms with van der Waals surface area (Å²) < 4.78 is 22.3. The molecule has 2 bridgehead atoms. The molecule has 1 saturated heterocycles. The van der Waals surface area contributed by atoms with Crippen LogP contribution in [0.5, 0.6) is 0 Å². The van der Waals surface area contributed by atoms with Gasteiger partial charge in [-0.3, -0.25) is 4.90 Å². The van der Waals surface area contributed by atoms with Gasteiger partial charge in [0.15, 0.2) is 6.29 Å². The first-order valence-corrected chi connectivity index (χ1v) is 9.28. The van der Waals surface area contributed by atoms with Crippen molar-refractivity contribution in [1.82, 2.24) is 4.90 Å². The standard InChI is InChI=1S/C21H29NO5/c1-21(2,3)27-20(23)22-15-10-14(11-16(22)13-26-12-15)17-8-6-7-9-18(17)19(24-4)25-5/h6-10,15-16,19H,11-13H2,1-5H3. The van der Waals surface area contributed by atoms with E-state index in [-0.39, 0.29) is 18.2 Å². The monoisotopic (exact) mass is 375 g/mol. The lowest BCUT2D eigenvalue weighted by atomic mass is 9.87. The second-order valence-electron chi connectivity index (χ2n) is 7.93. The van der Waals surface area contributed by atoms with Crippen LogP contribution in [0.25, 0.3) is 5.57 Å². The van der Waals surface area contributed by atoms with Gasteiger partial charge in [-0.05, 0) is 38.3 Å². The van der Waals surface area contributed by atoms with Crippen LogP contribution in [0.3, 0.4) is 0 Å². The fraction of sp³-hybridized carbons (Fsp3) is 0.571. The Morgan fingerprint density at radius 3 is 2.52 bits per heavy atom. The molecule has 0 spiro atoms. The van der Waals surface area contributed by atoms with Gasteiger partial charge in [-0.2, -0.15) is 0 Å². The van der Waals surface area contributed by atoms with Crippen molar-refractivity contribution in [1.29, 1.82) is 0 Å². The van der Waals surface area contributed by atoms with Crippen LogP contribution in [0.4, 0.5) is 4.79 Å². The van der Waals surface area contributed by atoms with Gasteiger partial charge in [0.05, 0.1) is 25.3 Å². The van der Waals surface area contributed by atoms with E-state index in [4.69, 9.17) is 18.9 Å². The van der Waals surface area contributed by atoms with E-state index < -0.39 is 11.9 Å². The Morgan fingerprint density at radius 1 is 1.19 bits per heavy atom. The van der Waals surface area contributed by atoms with Gasteiger partial charge < -0.3 is 18.9 Å². The molecule has 1 aromatic carbocycles. The number of hydrogen-bond acceptors (Lipinski definition) is 5. The number of nitrogens with zero attached hydrogens (tertiary/aromatic N) is 1. The van der Waals surface area contributed by atoms with Crippen LogP contribution in [0, 0.1) is 0 Å². The Bertz CT molecular complexity index is 705. The van der Waals surface area contributed by atoms with E-state index in [9.17, 15) is 4.79 Å². The van der Waals surface area contributed by atoms with Crippen molar-refractivity contribution in [2.75, 3.05) is 27.4 Å². The zero-order valence-corrected chi connectivity index (χ0v) is 16.7. The summed E-state index contributed by atoms with van der Waals surface area (Å²) in [4.78, 5) is 14.5. The van der Waals surface area contributed by atoms with Crippen LogP contribution < -0.4 is 0 Å². The SMILES string of the molecule is COC(OC)c1ccccc1C1=CC2COCC(C1)N2C(=O)OC(C)(C)C. The van der Waals surface area contributed by atoms with Crippen molar-refractivity contribution in [3.63, 3.8) is 0 Å². The maximum Gasteiger partial charge on any atom is 0.411 e. The van der Waals surface area contributed by atoms with Crippen molar-refractivity contribution in [3.8, 4) is 0 Å². The lowest BCUT2D eigenvalue weighted by molar-refractivity contribution is -0.106. The van der Waals surface area contributed by atoms with Gasteiger partial charge >= 0.3 is 6.09 Å². The fourth-order valence-corrected chi connectivity index (χ4v) is 3.74. The highest BCUT2D eigenvalue weighted by atomic mass is 16.7. The van der Waals surface area contributed by atoms with Gasteiger partial charge in [0, 0.05) is 19.8 Å². The topological polar surface area (TPSA) is 57.2 Å². The molecule has 2 unspecified atom stereocenters. The van der Waals surface area contributed by atoms with Crippen LogP contribution in [0.2, 0.25) is 0 Å². The number of morpholine rings is 1. The Labute approximate surface area is 161 Å². The predicted molar refractivity (Wildman–Crippen MR) is 102 cm³/mol. The minimum atomic E-state index is -0.521. The highest BCUT2D eigenvalue weighted by Gasteiger charge is 2.40. The van der Waals surface area contributed by atoms with Crippen molar-refractivity contribution >= 4 is 11.7 Å². The zero-order valence-electron chi connectivity index (χ0n) is 16.7. The molecular weight excluding hydrogens is 346 g/mol. The molecule has 0 saturated carbocycles. The Morgan fingerprint density at radius 2 is 1.89 bits per heavy atom. The number of ether oxygens (including phenoxy) is 4. The van der Waals surface area contributed by atoms with Crippen molar-refractivity contribution in [3.05, 3.63) is 41.5 Å². The largest absolute Gasteiger partial charge is 0.444 e. The maximum absolute atomic E-state index is 12.7. The number of hydrogen-bond donors (Lipinski definition) is 0. The highest BCUT2D eigenvalue weighted by Crippen LogP contribution is 2.36. The Hall–Kier alpha value is -1.89. The molecule has 0 radical (unpaired) electrons. The summed E-state index contributed by atoms with van der Waals surface area (Å²) in [5.74, 6) is 0. The normalized spacial score (nSPS) is 22.6. The average molecular weight is 375 g/mol. The molecular formula is C21H29NO5. The van der Waals surface area contributed by atoms with Crippen molar-refractivity contribution in [2.24, 2.45) is 0 Å². The second kappa shape index (κ2) is 8.00. The van der Waals surface area contributed by atoms with E-state index >= 15 is 0 Å². The molecule has 2 aliphatic rings. The summed E-state index contributed by atoms with van der Waals surface area (Å²) in [6, 6.07) is 7.89. The van der Waals surface area contributed by atoms with E-state index in [1.54, 1.807) is 14.2 Å². The Kier molecular flexibility index (Phi) is 5.89. The number of methoxy groups -OCH3 is 2. The van der Waals surface area contributed by atoms with Gasteiger partial charge in [-0.1, -0.05) is 30.3 Å². The quantitative estimate of drug-likeness (QED) is 0.750. The fourth-order valence-electron chi connectivity index (χ4n) is 3.74. The average Bonchev–Trinajstić information content (AvgIpc) is 2.60. The molecule has 6 nitrogen and oxygen atoms in total. The first-order valence-electron chi connectivity index (χ1n) is 9.28. The van der Waals surface area contributed by atoms with Gasteiger partial charge in [-0.25, -0.2) is 4.79 Å². The molecule has 2 atom stereocenters. The highest BCUT2D eigenvalue weighted by molar-refractivity contribution is 5.76. The van der Waals surface area contributed by atoms with Crippen LogP contribution >= 0.6 is 0 Å². The first-order chi connectivity index (χ1) is 12.8. The summed E-state index contributed by atoms with van der Waals surface area (Å²) in [6.45, 7) is 6.63. The predicted octanol–water partition coefficient (Wildman–Crippen LogP) is 3.77. The lowest BCUT2D eigenvalue weighted by Crippen LogP contribution is -2.57. The second-order valence-corrected chi connectivity index (χ2v) is 7.93. The summed E-state index contributed by atoms with van der Waals surface area (Å²) in [7, 11) is 3.26. The van der Waals surface area contributed by atoms with Crippen LogP contribution in [0.1, 0.15) is 44.6 Å². The molecule has 148 valence electrons. The number of rotatable bonds is 4. The Balaban J connectivity index is 1.92. The van der Waals surface area contributed by atoms with E-state index in [0.29, 0.717) is 19.6 Å². The van der Waals surface area contributed by atoms with Gasteiger partial charge in [0.2, 0.25) is 0 Å². The molecule has 0 aromatic heterocycles. The van der Waals surface area contributed by atoms with Crippen LogP contribution in [0.15, 0.2) is 30.3 Å². The van der Waals surface area contributed by atoms with E-state index in [1.807, 2.05) is 43.9 Å². The first kappa shape index (κ1) is 19.9. The molecule has 27 heavy (non-hydrogen) atoms. The summed E-state index contributed by atoms with van der Waals surface area (Å²) in [5, 5.41) is 0. The van der Waals surface area contributed by atoms with Gasteiger partial charge in [-0.15, -0.1) is 0 Å². The number of carbonyl (C=O) groups excluding carboxylic acids is 1. The molecule has 2 aliphatic heterocycles. The van der Waals surface area contributed by atoms with Crippen LogP contribution in [-0.2, 0) is 18.9 Å². The van der Waals surface area contributed by atoms with Crippen molar-refractivity contribution < 1.29 is 23.7 Å². The minimum absolute atomic E-state index is 0.0461. The third kappa shape index (κ3) is 4.34. The number of benzene rings is 1. The number of fused-ring (bicyclic) bond motifs is 2. The summed E-state index contributed by atoms with van der Waals surface area (Å²) in [5.41, 5.74) is 2.74. The van der Waals surface area contributed by atoms with Crippen molar-refractivity contribution in [2.45, 2.75) is 51.2 Å². The third-order valence-electron chi connectivity index (χ3n) is 4.79. The van der Waals surface area contributed by atoms with E-state index in [1.165, 1.54) is 5.57 Å². The number of carbonyl (C=O) groups is 1. The molecule has 1 aromatic rings. The molecule has 2 heterocycles. The molecule has 3 rings (SSSR count). The number of amides is 1. The smallest absolute Gasteiger partial charge is 0.411 e. The molecule has 6 heteroatoms. The van der Waals surface area contributed by atoms with E-state index in [0.717, 1.165) is 11.1 Å². The minimum Gasteiger partial charge on any atom is -0.444 e. The lowest BCUT2D eigenvalue weighted by Gasteiger charge is -2.45. The molecule has 1 amide bonds. The van der Waals surface area contributed by atoms with Gasteiger partial charge in [0.25, 0.3) is 0 Å². The van der Waals surface area contributed by atoms with Gasteiger partial charge in [0.1, 0.15) is 5.60 Å². The molecule has 0 N–H and O–H groups in total. The molecule has 1 fully saturated rings. The summed E-state index contributed by atoms with van der Waals surface area (Å²) >= 11 is 0.